The van der Waals surface area contributed by atoms with Crippen molar-refractivity contribution in [1.82, 2.24) is 0 Å². The fraction of sp³-hybridized carbons (Fsp3) is 0.156. The molecular formula is C109H88. The summed E-state index contributed by atoms with van der Waals surface area (Å²) in [6, 6.07) is 124. The molecule has 0 saturated carbocycles. The van der Waals surface area contributed by atoms with E-state index in [4.69, 9.17) is 0 Å². The van der Waals surface area contributed by atoms with Gasteiger partial charge in [-0.3, -0.25) is 0 Å². The van der Waals surface area contributed by atoms with Gasteiger partial charge in [0.2, 0.25) is 0 Å². The van der Waals surface area contributed by atoms with Gasteiger partial charge < -0.3 is 0 Å². The summed E-state index contributed by atoms with van der Waals surface area (Å²) < 4.78 is 0. The molecule has 0 heteroatoms. The van der Waals surface area contributed by atoms with Crippen molar-refractivity contribution in [3.8, 4) is 156 Å². The second-order valence-electron chi connectivity index (χ2n) is 35.3. The van der Waals surface area contributed by atoms with E-state index < -0.39 is 5.41 Å². The normalized spacial score (nSPS) is 13.4. The van der Waals surface area contributed by atoms with Crippen molar-refractivity contribution in [1.29, 1.82) is 0 Å². The van der Waals surface area contributed by atoms with Crippen molar-refractivity contribution in [3.63, 3.8) is 0 Å². The highest BCUT2D eigenvalue weighted by atomic mass is 14.5. The molecule has 0 aromatic heterocycles. The topological polar surface area (TPSA) is 0 Å². The average molecular weight is 1400 g/mol. The standard InChI is InChI=1S/C109H88/c1-105(2,3)75-53-43-69(44-54-75)95-93(67-27-15-13-16-28-67)99(97(71-47-57-77(58-48-71)107(7,8)9)103-85-39-25-33-65-31-23-37-83(91(65)85)101(95)103)73-51-61-81-82-62-52-74(64-90(82)109(89(81)63-73)87-41-21-19-35-79(87)80-36-20-22-42-88(80)109)100-94(68-29-17-14-18-30-68)96(70-45-55-76(56-46-70)106(4,5)6)102-84-38-24-32-66-34-26-40-86(92(66)84)104(102)98(100)72-49-59-78(60-50-72)108(10,11)12/h13-64H,1-12H3. The predicted octanol–water partition coefficient (Wildman–Crippen LogP) is 30.2. The molecule has 524 valence electrons. The quantitative estimate of drug-likeness (QED) is 0.142. The van der Waals surface area contributed by atoms with Gasteiger partial charge in [-0.15, -0.1) is 0 Å². The molecule has 0 heterocycles. The first-order valence-corrected chi connectivity index (χ1v) is 39.2. The lowest BCUT2D eigenvalue weighted by atomic mass is 9.69. The molecule has 0 saturated heterocycles. The lowest BCUT2D eigenvalue weighted by molar-refractivity contribution is 0.590. The summed E-state index contributed by atoms with van der Waals surface area (Å²) in [5.41, 5.74) is 44.3. The van der Waals surface area contributed by atoms with Crippen LogP contribution in [0.4, 0.5) is 0 Å². The van der Waals surface area contributed by atoms with Gasteiger partial charge in [0.05, 0.1) is 5.41 Å². The van der Waals surface area contributed by atoms with Gasteiger partial charge in [0.25, 0.3) is 0 Å². The summed E-state index contributed by atoms with van der Waals surface area (Å²) in [4.78, 5) is 0. The minimum Gasteiger partial charge on any atom is -0.0622 e. The summed E-state index contributed by atoms with van der Waals surface area (Å²) >= 11 is 0. The molecule has 109 heavy (non-hydrogen) atoms. The maximum Gasteiger partial charge on any atom is 0.0725 e. The minimum absolute atomic E-state index is 0.0372. The first-order chi connectivity index (χ1) is 52.6. The van der Waals surface area contributed by atoms with Crippen LogP contribution >= 0.6 is 0 Å². The Morgan fingerprint density at radius 2 is 0.385 bits per heavy atom. The Morgan fingerprint density at radius 1 is 0.165 bits per heavy atom. The SMILES string of the molecule is CC(C)(C)c1ccc(-c2c(-c3ccccc3)c(-c3ccc4c(c3)C3(c5ccccc5-c5ccccc53)c3cc(-c5c(-c6ccccc6)c(-c6ccc(C(C)(C)C)cc6)c6c(c5-c5ccc(C(C)(C)C)cc5)-c5cccc7cccc-6c57)ccc3-4)c(-c3ccc(C(C)(C)C)cc3)c3c2-c2cccc4cccc-3c24)cc1. The molecule has 0 fully saturated rings. The van der Waals surface area contributed by atoms with E-state index in [2.05, 4.69) is 399 Å². The van der Waals surface area contributed by atoms with Crippen molar-refractivity contribution in [2.24, 2.45) is 0 Å². The minimum atomic E-state index is -0.763. The molecule has 0 unspecified atom stereocenters. The molecule has 4 aliphatic carbocycles. The number of fused-ring (bicyclic) bond motifs is 16. The second kappa shape index (κ2) is 24.0. The first-order valence-electron chi connectivity index (χ1n) is 39.2. The summed E-state index contributed by atoms with van der Waals surface area (Å²) in [6.45, 7) is 28.0. The second-order valence-corrected chi connectivity index (χ2v) is 35.3. The van der Waals surface area contributed by atoms with Gasteiger partial charge in [-0.05, 0) is 256 Å². The van der Waals surface area contributed by atoms with Crippen LogP contribution in [0.25, 0.3) is 177 Å². The highest BCUT2D eigenvalue weighted by Crippen LogP contribution is 2.68. The summed E-state index contributed by atoms with van der Waals surface area (Å²) in [6.07, 6.45) is 0. The summed E-state index contributed by atoms with van der Waals surface area (Å²) in [7, 11) is 0. The smallest absolute Gasteiger partial charge is 0.0622 e. The molecule has 0 nitrogen and oxygen atoms in total. The Balaban J connectivity index is 0.929. The van der Waals surface area contributed by atoms with Crippen LogP contribution in [-0.2, 0) is 27.1 Å². The Morgan fingerprint density at radius 3 is 0.670 bits per heavy atom. The van der Waals surface area contributed by atoms with E-state index in [1.54, 1.807) is 0 Å². The monoisotopic (exact) mass is 1400 g/mol. The van der Waals surface area contributed by atoms with Crippen molar-refractivity contribution >= 4 is 21.5 Å². The molecule has 0 bridgehead atoms. The summed E-state index contributed by atoms with van der Waals surface area (Å²) in [5, 5.41) is 5.13. The molecule has 0 N–H and O–H groups in total. The van der Waals surface area contributed by atoms with E-state index >= 15 is 0 Å². The lowest BCUT2D eigenvalue weighted by Crippen LogP contribution is -2.26. The van der Waals surface area contributed by atoms with Crippen LogP contribution in [0.15, 0.2) is 315 Å². The Kier molecular flexibility index (Phi) is 14.6. The van der Waals surface area contributed by atoms with Gasteiger partial charge in [-0.25, -0.2) is 0 Å². The van der Waals surface area contributed by atoms with Crippen LogP contribution in [0, 0.1) is 0 Å². The van der Waals surface area contributed by atoms with Crippen molar-refractivity contribution in [2.75, 3.05) is 0 Å². The number of hydrogen-bond donors (Lipinski definition) is 0. The maximum atomic E-state index is 2.68. The third-order valence-corrected chi connectivity index (χ3v) is 24.8. The van der Waals surface area contributed by atoms with Gasteiger partial charge in [-0.2, -0.15) is 0 Å². The van der Waals surface area contributed by atoms with Crippen LogP contribution in [0.1, 0.15) is 128 Å². The van der Waals surface area contributed by atoms with Crippen LogP contribution in [0.2, 0.25) is 0 Å². The third kappa shape index (κ3) is 9.96. The lowest BCUT2D eigenvalue weighted by Gasteiger charge is -2.32. The number of rotatable bonds is 8. The van der Waals surface area contributed by atoms with Crippen LogP contribution < -0.4 is 0 Å². The van der Waals surface area contributed by atoms with E-state index in [0.717, 1.165) is 0 Å². The highest BCUT2D eigenvalue weighted by Gasteiger charge is 2.52. The third-order valence-electron chi connectivity index (χ3n) is 24.8. The molecule has 16 aromatic carbocycles. The Labute approximate surface area is 643 Å². The van der Waals surface area contributed by atoms with Gasteiger partial charge >= 0.3 is 0 Å². The van der Waals surface area contributed by atoms with Crippen molar-refractivity contribution < 1.29 is 0 Å². The maximum absolute atomic E-state index is 2.68. The van der Waals surface area contributed by atoms with Gasteiger partial charge in [0.15, 0.2) is 0 Å². The average Bonchev–Trinajstić information content (AvgIpc) is 1.49. The molecule has 16 aromatic rings. The molecule has 20 rings (SSSR count). The fourth-order valence-corrected chi connectivity index (χ4v) is 19.6. The van der Waals surface area contributed by atoms with Gasteiger partial charge in [-0.1, -0.05) is 386 Å². The van der Waals surface area contributed by atoms with Crippen molar-refractivity contribution in [2.45, 2.75) is 110 Å². The zero-order valence-corrected chi connectivity index (χ0v) is 64.5. The number of benzene rings is 16. The first kappa shape index (κ1) is 66.5. The molecular weight excluding hydrogens is 1310 g/mol. The zero-order chi connectivity index (χ0) is 74.4. The van der Waals surface area contributed by atoms with Crippen molar-refractivity contribution in [3.05, 3.63) is 360 Å². The van der Waals surface area contributed by atoms with E-state index in [1.807, 2.05) is 0 Å². The van der Waals surface area contributed by atoms with Crippen LogP contribution in [0.5, 0.6) is 0 Å². The van der Waals surface area contributed by atoms with E-state index in [0.29, 0.717) is 0 Å². The molecule has 0 aliphatic heterocycles. The Hall–Kier alpha value is -12.0. The fourth-order valence-electron chi connectivity index (χ4n) is 19.6. The number of hydrogen-bond acceptors (Lipinski definition) is 0. The van der Waals surface area contributed by atoms with Gasteiger partial charge in [0.1, 0.15) is 0 Å². The zero-order valence-electron chi connectivity index (χ0n) is 64.5. The van der Waals surface area contributed by atoms with Crippen LogP contribution in [-0.4, -0.2) is 0 Å². The van der Waals surface area contributed by atoms with E-state index in [1.165, 1.54) is 222 Å². The molecule has 0 amide bonds. The molecule has 4 aliphatic rings. The molecule has 0 atom stereocenters. The summed E-state index contributed by atoms with van der Waals surface area (Å²) in [5.74, 6) is 0. The van der Waals surface area contributed by atoms with E-state index in [-0.39, 0.29) is 21.7 Å². The van der Waals surface area contributed by atoms with E-state index in [9.17, 15) is 0 Å². The molecule has 1 spiro atoms. The predicted molar refractivity (Wildman–Crippen MR) is 465 cm³/mol. The van der Waals surface area contributed by atoms with Crippen LogP contribution in [0.3, 0.4) is 0 Å². The molecule has 0 radical (unpaired) electrons. The highest BCUT2D eigenvalue weighted by molar-refractivity contribution is 6.28. The Bertz CT molecular complexity index is 6060. The van der Waals surface area contributed by atoms with Gasteiger partial charge in [0, 0.05) is 0 Å². The largest absolute Gasteiger partial charge is 0.0725 e.